The Morgan fingerprint density at radius 1 is 0.293 bits per heavy atom. The number of aromatic nitrogens is 2. The zero-order valence-electron chi connectivity index (χ0n) is 31.3. The summed E-state index contributed by atoms with van der Waals surface area (Å²) in [6, 6.07) is 75.7. The lowest BCUT2D eigenvalue weighted by Crippen LogP contribution is -2.01. The summed E-state index contributed by atoms with van der Waals surface area (Å²) < 4.78 is 4.88. The molecule has 0 radical (unpaired) electrons. The van der Waals surface area contributed by atoms with Crippen molar-refractivity contribution in [1.29, 1.82) is 0 Å². The van der Waals surface area contributed by atoms with Crippen LogP contribution < -0.4 is 0 Å². The van der Waals surface area contributed by atoms with Crippen molar-refractivity contribution in [2.45, 2.75) is 19.6 Å². The van der Waals surface area contributed by atoms with Crippen molar-refractivity contribution in [2.75, 3.05) is 0 Å². The van der Waals surface area contributed by atoms with Crippen LogP contribution in [0.2, 0.25) is 0 Å². The Balaban J connectivity index is 1.08. The maximum absolute atomic E-state index is 2.46. The van der Waals surface area contributed by atoms with E-state index in [1.807, 2.05) is 23.5 Å². The maximum atomic E-state index is 2.46. The van der Waals surface area contributed by atoms with Crippen LogP contribution in [0.5, 0.6) is 0 Å². The quantitative estimate of drug-likeness (QED) is 0.172. The second kappa shape index (κ2) is 13.5. The number of fused-ring (bicyclic) bond motifs is 8. The summed E-state index contributed by atoms with van der Waals surface area (Å²) in [6.45, 7) is 0. The van der Waals surface area contributed by atoms with E-state index in [0.29, 0.717) is 0 Å². The van der Waals surface area contributed by atoms with Gasteiger partial charge < -0.3 is 9.13 Å². The van der Waals surface area contributed by atoms with Gasteiger partial charge in [0, 0.05) is 52.4 Å². The van der Waals surface area contributed by atoms with E-state index in [1.54, 1.807) is 0 Å². The number of hydrogen-bond acceptors (Lipinski definition) is 2. The number of para-hydroxylation sites is 4. The largest absolute Gasteiger partial charge is 0.309 e. The van der Waals surface area contributed by atoms with Crippen LogP contribution in [-0.4, -0.2) is 9.13 Å². The highest BCUT2D eigenvalue weighted by molar-refractivity contribution is 8.05. The molecule has 0 N–H and O–H groups in total. The van der Waals surface area contributed by atoms with Gasteiger partial charge in [-0.05, 0) is 94.5 Å². The van der Waals surface area contributed by atoms with Crippen molar-refractivity contribution in [3.8, 4) is 44.8 Å². The van der Waals surface area contributed by atoms with Gasteiger partial charge in [0.15, 0.2) is 0 Å². The summed E-state index contributed by atoms with van der Waals surface area (Å²) in [7, 11) is 0. The highest BCUT2D eigenvalue weighted by Gasteiger charge is 2.23. The molecule has 0 saturated heterocycles. The fourth-order valence-electron chi connectivity index (χ4n) is 9.06. The van der Waals surface area contributed by atoms with Crippen molar-refractivity contribution in [1.82, 2.24) is 9.13 Å². The Morgan fingerprint density at radius 3 is 1.40 bits per heavy atom. The number of rotatable bonds is 5. The SMILES string of the molecule is c1cc(-c2ccccc2-c2cccc3c2Sc2ccccc2S3)cc(-c2cc(-n3c4ccccc4c4ccccc43)ccc2-n2c3ccccc3c3ccccc32)c1. The van der Waals surface area contributed by atoms with Gasteiger partial charge in [-0.1, -0.05) is 163 Å². The summed E-state index contributed by atoms with van der Waals surface area (Å²) in [5.74, 6) is 0. The van der Waals surface area contributed by atoms with Crippen LogP contribution >= 0.6 is 23.5 Å². The molecular formula is C54H34N2S2. The molecule has 0 aliphatic carbocycles. The van der Waals surface area contributed by atoms with Crippen LogP contribution in [0, 0.1) is 0 Å². The monoisotopic (exact) mass is 774 g/mol. The molecule has 272 valence electrons. The third kappa shape index (κ3) is 5.22. The van der Waals surface area contributed by atoms with Gasteiger partial charge >= 0.3 is 0 Å². The van der Waals surface area contributed by atoms with Crippen LogP contribution in [0.3, 0.4) is 0 Å². The fraction of sp³-hybridized carbons (Fsp3) is 0. The normalized spacial score (nSPS) is 12.3. The lowest BCUT2D eigenvalue weighted by Gasteiger charge is -2.22. The predicted octanol–water partition coefficient (Wildman–Crippen LogP) is 15.5. The fourth-order valence-corrected chi connectivity index (χ4v) is 11.5. The van der Waals surface area contributed by atoms with Gasteiger partial charge in [0.1, 0.15) is 0 Å². The molecule has 0 amide bonds. The third-order valence-corrected chi connectivity index (χ3v) is 14.2. The van der Waals surface area contributed by atoms with Gasteiger partial charge in [0.25, 0.3) is 0 Å². The summed E-state index contributed by atoms with van der Waals surface area (Å²) in [5, 5.41) is 5.02. The van der Waals surface area contributed by atoms with E-state index < -0.39 is 0 Å². The minimum Gasteiger partial charge on any atom is -0.309 e. The van der Waals surface area contributed by atoms with Crippen LogP contribution in [0.15, 0.2) is 226 Å². The molecule has 0 spiro atoms. The number of nitrogens with zero attached hydrogens (tertiary/aromatic N) is 2. The molecule has 4 heteroatoms. The second-order valence-corrected chi connectivity index (χ2v) is 17.0. The summed E-state index contributed by atoms with van der Waals surface area (Å²) >= 11 is 3.76. The Morgan fingerprint density at radius 2 is 0.759 bits per heavy atom. The molecule has 1 aliphatic heterocycles. The van der Waals surface area contributed by atoms with Crippen molar-refractivity contribution in [3.63, 3.8) is 0 Å². The van der Waals surface area contributed by atoms with Crippen molar-refractivity contribution in [2.24, 2.45) is 0 Å². The zero-order chi connectivity index (χ0) is 38.2. The van der Waals surface area contributed by atoms with Crippen LogP contribution in [0.4, 0.5) is 0 Å². The Kier molecular flexibility index (Phi) is 7.75. The molecule has 12 rings (SSSR count). The van der Waals surface area contributed by atoms with Crippen molar-refractivity contribution in [3.05, 3.63) is 206 Å². The highest BCUT2D eigenvalue weighted by atomic mass is 32.2. The summed E-state index contributed by atoms with van der Waals surface area (Å²) in [4.78, 5) is 5.26. The van der Waals surface area contributed by atoms with Crippen molar-refractivity contribution < 1.29 is 0 Å². The molecule has 1 aliphatic rings. The lowest BCUT2D eigenvalue weighted by molar-refractivity contribution is 1.15. The van der Waals surface area contributed by atoms with E-state index in [9.17, 15) is 0 Å². The van der Waals surface area contributed by atoms with Gasteiger partial charge in [-0.3, -0.25) is 0 Å². The molecule has 0 fully saturated rings. The highest BCUT2D eigenvalue weighted by Crippen LogP contribution is 2.52. The topological polar surface area (TPSA) is 9.86 Å². The molecule has 0 saturated carbocycles. The minimum absolute atomic E-state index is 1.13. The first-order valence-corrected chi connectivity index (χ1v) is 21.3. The zero-order valence-corrected chi connectivity index (χ0v) is 33.0. The van der Waals surface area contributed by atoms with Crippen LogP contribution in [-0.2, 0) is 0 Å². The Labute approximate surface area is 345 Å². The van der Waals surface area contributed by atoms with E-state index >= 15 is 0 Å². The molecule has 2 nitrogen and oxygen atoms in total. The first-order valence-electron chi connectivity index (χ1n) is 19.7. The number of hydrogen-bond donors (Lipinski definition) is 0. The molecule has 0 unspecified atom stereocenters. The van der Waals surface area contributed by atoms with Crippen molar-refractivity contribution >= 4 is 67.1 Å². The number of benzene rings is 9. The molecule has 2 aromatic heterocycles. The van der Waals surface area contributed by atoms with E-state index in [2.05, 4.69) is 215 Å². The second-order valence-electron chi connectivity index (χ2n) is 14.9. The Bertz CT molecular complexity index is 3320. The maximum Gasteiger partial charge on any atom is 0.0542 e. The average molecular weight is 775 g/mol. The van der Waals surface area contributed by atoms with E-state index in [1.165, 1.54) is 96.6 Å². The Hall–Kier alpha value is -6.72. The van der Waals surface area contributed by atoms with Gasteiger partial charge in [-0.15, -0.1) is 0 Å². The van der Waals surface area contributed by atoms with E-state index in [4.69, 9.17) is 0 Å². The average Bonchev–Trinajstić information content (AvgIpc) is 3.81. The van der Waals surface area contributed by atoms with Gasteiger partial charge in [0.05, 0.1) is 27.8 Å². The lowest BCUT2D eigenvalue weighted by atomic mass is 9.92. The molecule has 58 heavy (non-hydrogen) atoms. The molecular weight excluding hydrogens is 741 g/mol. The molecule has 3 heterocycles. The summed E-state index contributed by atoms with van der Waals surface area (Å²) in [6.07, 6.45) is 0. The van der Waals surface area contributed by atoms with Gasteiger partial charge in [0.2, 0.25) is 0 Å². The first-order chi connectivity index (χ1) is 28.8. The predicted molar refractivity (Wildman–Crippen MR) is 246 cm³/mol. The molecule has 0 bridgehead atoms. The van der Waals surface area contributed by atoms with E-state index in [0.717, 1.165) is 11.4 Å². The van der Waals surface area contributed by atoms with Gasteiger partial charge in [-0.25, -0.2) is 0 Å². The van der Waals surface area contributed by atoms with Gasteiger partial charge in [-0.2, -0.15) is 0 Å². The molecule has 0 atom stereocenters. The minimum atomic E-state index is 1.13. The molecule has 11 aromatic rings. The van der Waals surface area contributed by atoms with Crippen LogP contribution in [0.1, 0.15) is 0 Å². The standard InChI is InChI=1S/C54H34N2S2/c1-2-18-39(44-23-14-30-53-54(44)58-52-29-12-11-28-51(52)57-53)38(17-1)35-15-13-16-36(33-35)45-34-37(55-46-24-7-3-19-40(46)41-20-4-8-25-47(41)55)31-32-50(45)56-48-26-9-5-21-42(48)43-22-6-10-27-49(43)56/h1-34H. The summed E-state index contributed by atoms with van der Waals surface area (Å²) in [5.41, 5.74) is 14.3. The molecule has 9 aromatic carbocycles. The smallest absolute Gasteiger partial charge is 0.0542 e. The van der Waals surface area contributed by atoms with E-state index in [-0.39, 0.29) is 0 Å². The first kappa shape index (κ1) is 33.4. The van der Waals surface area contributed by atoms with Crippen LogP contribution in [0.25, 0.3) is 88.4 Å². The third-order valence-electron chi connectivity index (χ3n) is 11.6.